The van der Waals surface area contributed by atoms with E-state index in [4.69, 9.17) is 4.74 Å². The van der Waals surface area contributed by atoms with Gasteiger partial charge in [0, 0.05) is 37.4 Å². The summed E-state index contributed by atoms with van der Waals surface area (Å²) in [5, 5.41) is 0. The number of piperazine rings is 1. The van der Waals surface area contributed by atoms with Crippen molar-refractivity contribution in [1.29, 1.82) is 0 Å². The lowest BCUT2D eigenvalue weighted by Crippen LogP contribution is -2.48. The number of rotatable bonds is 7. The number of hydrogen-bond donors (Lipinski definition) is 0. The molecule has 3 aromatic carbocycles. The SMILES string of the molecule is O=C(COC(=O)c1cccc(S(=O)(=O)N2CCN(c3ccc(F)cc3)CC2)c1)c1ccccc1. The van der Waals surface area contributed by atoms with Crippen molar-refractivity contribution < 1.29 is 27.1 Å². The molecule has 1 aliphatic rings. The summed E-state index contributed by atoms with van der Waals surface area (Å²) < 4.78 is 45.9. The topological polar surface area (TPSA) is 84.0 Å². The van der Waals surface area contributed by atoms with Gasteiger partial charge in [-0.05, 0) is 42.5 Å². The van der Waals surface area contributed by atoms with E-state index in [1.165, 1.54) is 40.7 Å². The molecule has 1 heterocycles. The minimum atomic E-state index is -3.83. The largest absolute Gasteiger partial charge is 0.454 e. The molecule has 0 saturated carbocycles. The maximum Gasteiger partial charge on any atom is 0.338 e. The van der Waals surface area contributed by atoms with Crippen LogP contribution in [0.3, 0.4) is 0 Å². The summed E-state index contributed by atoms with van der Waals surface area (Å²) in [4.78, 5) is 26.6. The normalized spacial score (nSPS) is 14.6. The Bertz CT molecular complexity index is 1270. The van der Waals surface area contributed by atoms with Crippen LogP contribution < -0.4 is 4.90 Å². The molecule has 0 aromatic heterocycles. The summed E-state index contributed by atoms with van der Waals surface area (Å²) >= 11 is 0. The van der Waals surface area contributed by atoms with Crippen LogP contribution >= 0.6 is 0 Å². The molecule has 0 aliphatic carbocycles. The quantitative estimate of drug-likeness (QED) is 0.379. The average molecular weight is 483 g/mol. The van der Waals surface area contributed by atoms with E-state index in [-0.39, 0.29) is 35.1 Å². The number of ether oxygens (including phenoxy) is 1. The molecule has 0 amide bonds. The maximum atomic E-state index is 13.2. The second-order valence-electron chi connectivity index (χ2n) is 7.76. The van der Waals surface area contributed by atoms with Gasteiger partial charge in [0.05, 0.1) is 10.5 Å². The van der Waals surface area contributed by atoms with Gasteiger partial charge in [-0.1, -0.05) is 36.4 Å². The molecule has 176 valence electrons. The predicted molar refractivity (Wildman–Crippen MR) is 125 cm³/mol. The number of ketones is 1. The van der Waals surface area contributed by atoms with E-state index >= 15 is 0 Å². The number of sulfonamides is 1. The predicted octanol–water partition coefficient (Wildman–Crippen LogP) is 3.38. The molecule has 4 rings (SSSR count). The molecule has 0 unspecified atom stereocenters. The first-order chi connectivity index (χ1) is 16.3. The summed E-state index contributed by atoms with van der Waals surface area (Å²) in [6.45, 7) is 0.966. The van der Waals surface area contributed by atoms with E-state index in [0.717, 1.165) is 5.69 Å². The Morgan fingerprint density at radius 2 is 1.47 bits per heavy atom. The fraction of sp³-hybridized carbons (Fsp3) is 0.200. The summed E-state index contributed by atoms with van der Waals surface area (Å²) in [6, 6.07) is 20.1. The van der Waals surface area contributed by atoms with E-state index in [0.29, 0.717) is 18.7 Å². The molecular weight excluding hydrogens is 459 g/mol. The van der Waals surface area contributed by atoms with Gasteiger partial charge in [-0.15, -0.1) is 0 Å². The van der Waals surface area contributed by atoms with Crippen molar-refractivity contribution in [3.8, 4) is 0 Å². The van der Waals surface area contributed by atoms with Gasteiger partial charge in [0.25, 0.3) is 0 Å². The minimum Gasteiger partial charge on any atom is -0.454 e. The van der Waals surface area contributed by atoms with Crippen LogP contribution in [0, 0.1) is 5.82 Å². The van der Waals surface area contributed by atoms with Gasteiger partial charge in [-0.3, -0.25) is 4.79 Å². The Morgan fingerprint density at radius 1 is 0.824 bits per heavy atom. The lowest BCUT2D eigenvalue weighted by atomic mass is 10.1. The second-order valence-corrected chi connectivity index (χ2v) is 9.70. The number of nitrogens with zero attached hydrogens (tertiary/aromatic N) is 2. The van der Waals surface area contributed by atoms with E-state index in [9.17, 15) is 22.4 Å². The summed E-state index contributed by atoms with van der Waals surface area (Å²) in [5.41, 5.74) is 1.30. The molecule has 7 nitrogen and oxygen atoms in total. The molecule has 0 N–H and O–H groups in total. The number of carbonyl (C=O) groups is 2. The van der Waals surface area contributed by atoms with Crippen LogP contribution in [-0.2, 0) is 14.8 Å². The minimum absolute atomic E-state index is 0.0217. The highest BCUT2D eigenvalue weighted by atomic mass is 32.2. The molecule has 0 radical (unpaired) electrons. The molecule has 1 saturated heterocycles. The first kappa shape index (κ1) is 23.6. The van der Waals surface area contributed by atoms with Crippen LogP contribution in [0.2, 0.25) is 0 Å². The Labute approximate surface area is 197 Å². The number of benzene rings is 3. The molecular formula is C25H23FN2O5S. The van der Waals surface area contributed by atoms with E-state index in [1.807, 2.05) is 4.90 Å². The Balaban J connectivity index is 1.39. The zero-order chi connectivity index (χ0) is 24.1. The molecule has 0 bridgehead atoms. The highest BCUT2D eigenvalue weighted by Gasteiger charge is 2.29. The van der Waals surface area contributed by atoms with Crippen molar-refractivity contribution in [2.75, 3.05) is 37.7 Å². The number of esters is 1. The van der Waals surface area contributed by atoms with Gasteiger partial charge in [-0.2, -0.15) is 4.31 Å². The summed E-state index contributed by atoms with van der Waals surface area (Å²) in [7, 11) is -3.83. The monoisotopic (exact) mass is 482 g/mol. The lowest BCUT2D eigenvalue weighted by Gasteiger charge is -2.35. The number of Topliss-reactive ketones (excluding diaryl/α,β-unsaturated/α-hetero) is 1. The highest BCUT2D eigenvalue weighted by Crippen LogP contribution is 2.22. The standard InChI is InChI=1S/C25H23FN2O5S/c26-21-9-11-22(12-10-21)27-13-15-28(16-14-27)34(31,32)23-8-4-7-20(17-23)25(30)33-18-24(29)19-5-2-1-3-6-19/h1-12,17H,13-16,18H2. The summed E-state index contributed by atoms with van der Waals surface area (Å²) in [6.07, 6.45) is 0. The van der Waals surface area contributed by atoms with Crippen LogP contribution in [0.5, 0.6) is 0 Å². The van der Waals surface area contributed by atoms with E-state index < -0.39 is 22.6 Å². The van der Waals surface area contributed by atoms with Crippen LogP contribution in [0.1, 0.15) is 20.7 Å². The summed E-state index contributed by atoms with van der Waals surface area (Å²) in [5.74, 6) is -1.45. The van der Waals surface area contributed by atoms with Gasteiger partial charge in [-0.25, -0.2) is 17.6 Å². The van der Waals surface area contributed by atoms with Crippen LogP contribution in [-0.4, -0.2) is 57.3 Å². The second kappa shape index (κ2) is 10.1. The Hall–Kier alpha value is -3.56. The van der Waals surface area contributed by atoms with Crippen molar-refractivity contribution in [1.82, 2.24) is 4.31 Å². The first-order valence-corrected chi connectivity index (χ1v) is 12.1. The Kier molecular flexibility index (Phi) is 7.04. The molecule has 1 aliphatic heterocycles. The third-order valence-corrected chi connectivity index (χ3v) is 7.46. The number of anilines is 1. The maximum absolute atomic E-state index is 13.2. The Morgan fingerprint density at radius 3 is 2.15 bits per heavy atom. The molecule has 0 spiro atoms. The number of halogens is 1. The lowest BCUT2D eigenvalue weighted by molar-refractivity contribution is 0.0474. The van der Waals surface area contributed by atoms with Gasteiger partial charge >= 0.3 is 5.97 Å². The van der Waals surface area contributed by atoms with Crippen molar-refractivity contribution in [3.63, 3.8) is 0 Å². The zero-order valence-corrected chi connectivity index (χ0v) is 19.1. The van der Waals surface area contributed by atoms with E-state index in [1.54, 1.807) is 42.5 Å². The number of hydrogen-bond acceptors (Lipinski definition) is 6. The first-order valence-electron chi connectivity index (χ1n) is 10.7. The van der Waals surface area contributed by atoms with Crippen molar-refractivity contribution in [3.05, 3.63) is 95.8 Å². The van der Waals surface area contributed by atoms with Gasteiger partial charge in [0.1, 0.15) is 5.82 Å². The molecule has 9 heteroatoms. The third-order valence-electron chi connectivity index (χ3n) is 5.57. The van der Waals surface area contributed by atoms with Gasteiger partial charge < -0.3 is 9.64 Å². The average Bonchev–Trinajstić information content (AvgIpc) is 2.88. The fourth-order valence-electron chi connectivity index (χ4n) is 3.69. The molecule has 3 aromatic rings. The van der Waals surface area contributed by atoms with Gasteiger partial charge in [0.15, 0.2) is 12.4 Å². The fourth-order valence-corrected chi connectivity index (χ4v) is 5.16. The molecule has 0 atom stereocenters. The molecule has 34 heavy (non-hydrogen) atoms. The van der Waals surface area contributed by atoms with Crippen LogP contribution in [0.4, 0.5) is 10.1 Å². The van der Waals surface area contributed by atoms with E-state index in [2.05, 4.69) is 0 Å². The van der Waals surface area contributed by atoms with Crippen LogP contribution in [0.25, 0.3) is 0 Å². The smallest absolute Gasteiger partial charge is 0.338 e. The van der Waals surface area contributed by atoms with Crippen molar-refractivity contribution in [2.45, 2.75) is 4.90 Å². The highest BCUT2D eigenvalue weighted by molar-refractivity contribution is 7.89. The van der Waals surface area contributed by atoms with Gasteiger partial charge in [0.2, 0.25) is 10.0 Å². The third kappa shape index (κ3) is 5.32. The molecule has 1 fully saturated rings. The van der Waals surface area contributed by atoms with Crippen molar-refractivity contribution >= 4 is 27.5 Å². The van der Waals surface area contributed by atoms with Crippen LogP contribution in [0.15, 0.2) is 83.8 Å². The number of carbonyl (C=O) groups excluding carboxylic acids is 2. The zero-order valence-electron chi connectivity index (χ0n) is 18.3. The van der Waals surface area contributed by atoms with Crippen molar-refractivity contribution in [2.24, 2.45) is 0 Å².